The van der Waals surface area contributed by atoms with Crippen LogP contribution < -0.4 is 10.6 Å². The van der Waals surface area contributed by atoms with Gasteiger partial charge in [-0.1, -0.05) is 37.3 Å². The van der Waals surface area contributed by atoms with Gasteiger partial charge in [0.1, 0.15) is 11.5 Å². The molecule has 3 aromatic rings. The summed E-state index contributed by atoms with van der Waals surface area (Å²) in [6, 6.07) is 15.5. The van der Waals surface area contributed by atoms with Gasteiger partial charge < -0.3 is 15.2 Å². The summed E-state index contributed by atoms with van der Waals surface area (Å²) in [7, 11) is -1.21. The number of benzene rings is 2. The van der Waals surface area contributed by atoms with E-state index in [-0.39, 0.29) is 32.8 Å². The van der Waals surface area contributed by atoms with Crippen molar-refractivity contribution in [3.63, 3.8) is 0 Å². The molecule has 1 unspecified atom stereocenters. The Hall–Kier alpha value is -4.21. The number of aromatic nitrogens is 1. The zero-order chi connectivity index (χ0) is 27.6. The van der Waals surface area contributed by atoms with Gasteiger partial charge in [-0.3, -0.25) is 4.90 Å². The maximum absolute atomic E-state index is 13.2. The fourth-order valence-electron chi connectivity index (χ4n) is 4.30. The van der Waals surface area contributed by atoms with Crippen LogP contribution in [0.1, 0.15) is 24.8 Å². The number of nitrogens with zero attached hydrogens (tertiary/aromatic N) is 3. The van der Waals surface area contributed by atoms with E-state index in [4.69, 9.17) is 15.2 Å². The van der Waals surface area contributed by atoms with Gasteiger partial charge in [0.25, 0.3) is 0 Å². The number of nitriles is 1. The minimum absolute atomic E-state index is 0.0190. The van der Waals surface area contributed by atoms with Gasteiger partial charge in [0.15, 0.2) is 0 Å². The van der Waals surface area contributed by atoms with E-state index in [1.165, 1.54) is 12.0 Å². The van der Waals surface area contributed by atoms with Crippen molar-refractivity contribution >= 4 is 49.0 Å². The zero-order valence-electron chi connectivity index (χ0n) is 20.8. The molecule has 2 N–H and O–H groups in total. The van der Waals surface area contributed by atoms with Crippen LogP contribution in [-0.4, -0.2) is 45.3 Å². The number of rotatable bonds is 7. The Balaban J connectivity index is 2.00. The minimum atomic E-state index is -3.55. The number of thiazole rings is 1. The molecule has 10 nitrogen and oxygen atoms in total. The van der Waals surface area contributed by atoms with Gasteiger partial charge in [0.2, 0.25) is 14.2 Å². The number of hydrogen-bond acceptors (Lipinski definition) is 11. The summed E-state index contributed by atoms with van der Waals surface area (Å²) in [5.41, 5.74) is 7.51. The maximum Gasteiger partial charge on any atom is 0.355 e. The van der Waals surface area contributed by atoms with Crippen LogP contribution in [0, 0.1) is 11.3 Å². The summed E-state index contributed by atoms with van der Waals surface area (Å²) in [5.74, 6) is -2.82. The van der Waals surface area contributed by atoms with Crippen LogP contribution in [0.5, 0.6) is 0 Å². The molecule has 0 amide bonds. The van der Waals surface area contributed by atoms with Crippen LogP contribution in [0.2, 0.25) is 0 Å². The number of carbonyl (C=O) groups excluding carboxylic acids is 2. The van der Waals surface area contributed by atoms with E-state index in [1.54, 1.807) is 55.5 Å². The van der Waals surface area contributed by atoms with Gasteiger partial charge in [-0.05, 0) is 30.2 Å². The number of methoxy groups -OCH3 is 2. The van der Waals surface area contributed by atoms with Crippen LogP contribution in [0.25, 0.3) is 10.2 Å². The lowest BCUT2D eigenvalue weighted by molar-refractivity contribution is -0.139. The van der Waals surface area contributed by atoms with Gasteiger partial charge in [-0.25, -0.2) is 23.0 Å². The lowest BCUT2D eigenvalue weighted by Gasteiger charge is -2.35. The number of sulfone groups is 1. The number of ether oxygens (including phenoxy) is 2. The first-order valence-corrected chi connectivity index (χ1v) is 13.9. The van der Waals surface area contributed by atoms with Gasteiger partial charge >= 0.3 is 11.9 Å². The molecule has 0 spiro atoms. The molecule has 4 rings (SSSR count). The van der Waals surface area contributed by atoms with Crippen molar-refractivity contribution in [1.82, 2.24) is 4.98 Å². The van der Waals surface area contributed by atoms with E-state index in [0.29, 0.717) is 27.9 Å². The molecule has 0 saturated heterocycles. The largest absolute Gasteiger partial charge is 0.466 e. The number of allylic oxidation sites excluding steroid dienone is 1. The minimum Gasteiger partial charge on any atom is -0.466 e. The SMILES string of the molecule is CCCS(=O)(=O)c1nc2ccc(N3C(N)=C(C#N)C(c4ccccc4)C(C(=O)OC)=C3C(=O)OC)cc2s1. The van der Waals surface area contributed by atoms with Crippen LogP contribution in [0.3, 0.4) is 0 Å². The predicted octanol–water partition coefficient (Wildman–Crippen LogP) is 3.38. The number of esters is 2. The third kappa shape index (κ3) is 4.62. The molecular weight excluding hydrogens is 528 g/mol. The van der Waals surface area contributed by atoms with Crippen molar-refractivity contribution in [2.24, 2.45) is 5.73 Å². The van der Waals surface area contributed by atoms with E-state index in [1.807, 2.05) is 0 Å². The Bertz CT molecular complexity index is 1630. The molecule has 1 aliphatic rings. The van der Waals surface area contributed by atoms with E-state index in [0.717, 1.165) is 18.4 Å². The fourth-order valence-corrected chi connectivity index (χ4v) is 7.01. The molecule has 1 atom stereocenters. The molecule has 38 heavy (non-hydrogen) atoms. The lowest BCUT2D eigenvalue weighted by atomic mass is 9.81. The molecule has 0 bridgehead atoms. The van der Waals surface area contributed by atoms with Crippen molar-refractivity contribution in [3.05, 3.63) is 76.8 Å². The number of hydrogen-bond donors (Lipinski definition) is 1. The molecule has 0 radical (unpaired) electrons. The highest BCUT2D eigenvalue weighted by atomic mass is 32.2. The van der Waals surface area contributed by atoms with E-state index >= 15 is 0 Å². The van der Waals surface area contributed by atoms with E-state index in [9.17, 15) is 23.3 Å². The molecule has 2 heterocycles. The highest BCUT2D eigenvalue weighted by Crippen LogP contribution is 2.44. The molecule has 196 valence electrons. The highest BCUT2D eigenvalue weighted by molar-refractivity contribution is 7.93. The second-order valence-electron chi connectivity index (χ2n) is 8.29. The summed E-state index contributed by atoms with van der Waals surface area (Å²) in [5, 5.41) is 10.1. The monoisotopic (exact) mass is 552 g/mol. The van der Waals surface area contributed by atoms with Gasteiger partial charge in [0, 0.05) is 5.69 Å². The van der Waals surface area contributed by atoms with Gasteiger partial charge in [-0.2, -0.15) is 5.26 Å². The number of fused-ring (bicyclic) bond motifs is 1. The summed E-state index contributed by atoms with van der Waals surface area (Å²) in [6.07, 6.45) is 0.446. The smallest absolute Gasteiger partial charge is 0.355 e. The third-order valence-electron chi connectivity index (χ3n) is 5.96. The van der Waals surface area contributed by atoms with Crippen LogP contribution in [-0.2, 0) is 28.9 Å². The highest BCUT2D eigenvalue weighted by Gasteiger charge is 2.43. The number of anilines is 1. The Morgan fingerprint density at radius 1 is 1.13 bits per heavy atom. The molecule has 1 aromatic heterocycles. The van der Waals surface area contributed by atoms with E-state index in [2.05, 4.69) is 11.1 Å². The fraction of sp³-hybridized carbons (Fsp3) is 0.231. The van der Waals surface area contributed by atoms with Crippen LogP contribution >= 0.6 is 11.3 Å². The molecule has 12 heteroatoms. The van der Waals surface area contributed by atoms with Crippen LogP contribution in [0.4, 0.5) is 5.69 Å². The topological polar surface area (TPSA) is 153 Å². The number of nitrogens with two attached hydrogens (primary N) is 1. The van der Waals surface area contributed by atoms with Crippen molar-refractivity contribution in [2.75, 3.05) is 24.9 Å². The Labute approximate surface area is 223 Å². The number of carbonyl (C=O) groups is 2. The molecule has 1 aliphatic heterocycles. The van der Waals surface area contributed by atoms with Crippen molar-refractivity contribution in [2.45, 2.75) is 23.6 Å². The molecule has 0 fully saturated rings. The summed E-state index contributed by atoms with van der Waals surface area (Å²) >= 11 is 0.983. The van der Waals surface area contributed by atoms with Crippen LogP contribution in [0.15, 0.2) is 75.5 Å². The first kappa shape index (κ1) is 26.8. The normalized spacial score (nSPS) is 15.9. The molecule has 2 aromatic carbocycles. The lowest BCUT2D eigenvalue weighted by Crippen LogP contribution is -2.40. The zero-order valence-corrected chi connectivity index (χ0v) is 22.4. The predicted molar refractivity (Wildman–Crippen MR) is 142 cm³/mol. The summed E-state index contributed by atoms with van der Waals surface area (Å²) in [6.45, 7) is 1.77. The standard InChI is InChI=1S/C26H24N4O6S2/c1-4-12-38(33,34)26-29-18-11-10-16(13-19(18)37-26)30-22(25(32)36-3)21(24(31)35-2)20(17(14-27)23(30)28)15-8-6-5-7-9-15/h5-11,13,20H,4,12,28H2,1-3H3. The molecule has 0 aliphatic carbocycles. The summed E-state index contributed by atoms with van der Waals surface area (Å²) in [4.78, 5) is 31.9. The Kier molecular flexibility index (Phi) is 7.52. The Morgan fingerprint density at radius 2 is 1.82 bits per heavy atom. The second-order valence-corrected chi connectivity index (χ2v) is 11.6. The average molecular weight is 553 g/mol. The van der Waals surface area contributed by atoms with Gasteiger partial charge in [0.05, 0.1) is 53.3 Å². The molecular formula is C26H24N4O6S2. The first-order chi connectivity index (χ1) is 18.2. The van der Waals surface area contributed by atoms with Crippen molar-refractivity contribution < 1.29 is 27.5 Å². The van der Waals surface area contributed by atoms with E-state index < -0.39 is 27.7 Å². The first-order valence-electron chi connectivity index (χ1n) is 11.5. The maximum atomic E-state index is 13.2. The Morgan fingerprint density at radius 3 is 2.42 bits per heavy atom. The van der Waals surface area contributed by atoms with Gasteiger partial charge in [-0.15, -0.1) is 11.3 Å². The summed E-state index contributed by atoms with van der Waals surface area (Å²) < 4.78 is 35.7. The quantitative estimate of drug-likeness (QED) is 0.432. The third-order valence-corrected chi connectivity index (χ3v) is 9.35. The second kappa shape index (κ2) is 10.6. The average Bonchev–Trinajstić information content (AvgIpc) is 3.36. The van der Waals surface area contributed by atoms with Crippen molar-refractivity contribution in [3.8, 4) is 6.07 Å². The van der Waals surface area contributed by atoms with Crippen molar-refractivity contribution in [1.29, 1.82) is 5.26 Å². The molecule has 0 saturated carbocycles.